The number of rotatable bonds is 3. The van der Waals surface area contributed by atoms with Gasteiger partial charge in [-0.15, -0.1) is 10.7 Å². The van der Waals surface area contributed by atoms with Crippen LogP contribution in [0.4, 0.5) is 0 Å². The van der Waals surface area contributed by atoms with E-state index in [1.54, 1.807) is 6.20 Å². The summed E-state index contributed by atoms with van der Waals surface area (Å²) in [5, 5.41) is 19.4. The van der Waals surface area contributed by atoms with E-state index in [9.17, 15) is 19.8 Å². The predicted molar refractivity (Wildman–Crippen MR) is 116 cm³/mol. The normalized spacial score (nSPS) is 35.4. The van der Waals surface area contributed by atoms with Gasteiger partial charge >= 0.3 is 5.69 Å². The molecule has 9 rings (SSSR count). The summed E-state index contributed by atoms with van der Waals surface area (Å²) in [5.41, 5.74) is 1.17. The molecule has 8 aliphatic heterocycles. The zero-order chi connectivity index (χ0) is 18.4. The Morgan fingerprint density at radius 2 is 1.86 bits per heavy atom. The molecule has 126 valence electrons. The Kier molecular flexibility index (Phi) is 2.18. The number of nitrogens with zero attached hydrogens (tertiary/aromatic N) is 1. The van der Waals surface area contributed by atoms with Gasteiger partial charge in [0, 0.05) is 82.7 Å². The van der Waals surface area contributed by atoms with Crippen molar-refractivity contribution in [2.24, 2.45) is 0 Å². The van der Waals surface area contributed by atoms with Gasteiger partial charge in [0.2, 0.25) is 0 Å². The van der Waals surface area contributed by atoms with E-state index in [-0.39, 0.29) is 23.7 Å². The minimum atomic E-state index is -0.800. The SMILES string of the molecule is O=c1[nH]c(=O)n([C@H]2C[C@H](O)[C@@H](CO)O2)cc1C12B3B4B5B6B(B3B1B42)B1B5C61. The standard InChI is InChI=1S/C11H12B10N2O5/c24-3-6-5(25)1-7(28-6)23-2-4(8(26)22-10(23)27)11-15-16(11)21-17(11)20(15)18-12-9-13(12)19(21)14(9)18/h2,5-7,9,24-25H,1,3H2,(H,22,26,27)/t5-,6+,7+,9?,11?/m0/s1. The molecule has 0 saturated carbocycles. The molecule has 0 unspecified atom stereocenters. The van der Waals surface area contributed by atoms with Gasteiger partial charge in [0.1, 0.15) is 12.3 Å². The number of aliphatic hydroxyl groups is 2. The first-order chi connectivity index (χ1) is 13.6. The number of aromatic amines is 1. The van der Waals surface area contributed by atoms with E-state index in [0.29, 0.717) is 19.5 Å². The van der Waals surface area contributed by atoms with Crippen molar-refractivity contribution in [1.29, 1.82) is 0 Å². The molecule has 28 heavy (non-hydrogen) atoms. The van der Waals surface area contributed by atoms with Gasteiger partial charge in [0.05, 0.1) is 12.7 Å². The fraction of sp³-hybridized carbons (Fsp3) is 0.636. The summed E-state index contributed by atoms with van der Waals surface area (Å²) in [6.07, 6.45) is 3.52. The van der Waals surface area contributed by atoms with Gasteiger partial charge in [-0.3, -0.25) is 14.3 Å². The van der Waals surface area contributed by atoms with Gasteiger partial charge in [-0.05, 0) is 0 Å². The van der Waals surface area contributed by atoms with Gasteiger partial charge in [0.25, 0.3) is 5.56 Å². The van der Waals surface area contributed by atoms with Crippen molar-refractivity contribution in [2.45, 2.75) is 35.6 Å². The number of hydrogen-bond acceptors (Lipinski definition) is 5. The van der Waals surface area contributed by atoms with Crippen LogP contribution in [0, 0.1) is 0 Å². The maximum Gasteiger partial charge on any atom is 0.330 e. The summed E-state index contributed by atoms with van der Waals surface area (Å²) in [7, 11) is 0. The number of aromatic nitrogens is 2. The van der Waals surface area contributed by atoms with Crippen LogP contribution in [0.25, 0.3) is 0 Å². The summed E-state index contributed by atoms with van der Waals surface area (Å²) >= 11 is 0. The van der Waals surface area contributed by atoms with E-state index in [1.807, 2.05) is 0 Å². The number of H-pyrrole nitrogens is 1. The summed E-state index contributed by atoms with van der Waals surface area (Å²) in [6, 6.07) is 0. The first-order valence-electron chi connectivity index (χ1n) is 10.9. The zero-order valence-corrected chi connectivity index (χ0v) is 15.1. The van der Waals surface area contributed by atoms with E-state index in [1.165, 1.54) is 4.57 Å². The van der Waals surface area contributed by atoms with E-state index in [4.69, 9.17) is 4.74 Å². The molecule has 1 aromatic heterocycles. The van der Waals surface area contributed by atoms with Gasteiger partial charge in [-0.1, -0.05) is 0 Å². The van der Waals surface area contributed by atoms with Crippen LogP contribution in [0.2, 0.25) is 5.62 Å². The molecule has 8 fully saturated rings. The van der Waals surface area contributed by atoms with Crippen molar-refractivity contribution in [1.82, 2.24) is 9.55 Å². The highest BCUT2D eigenvalue weighted by Crippen LogP contribution is 2.77. The molecule has 9 heterocycles. The molecule has 0 amide bonds. The van der Waals surface area contributed by atoms with Crippen LogP contribution in [-0.2, 0) is 9.85 Å². The Hall–Kier alpha value is -0.791. The predicted octanol–water partition coefficient (Wildman–Crippen LogP) is -5.53. The average Bonchev–Trinajstić information content (AvgIpc) is 3.02. The van der Waals surface area contributed by atoms with Crippen molar-refractivity contribution >= 4 is 64.5 Å². The average molecular weight is 360 g/mol. The van der Waals surface area contributed by atoms with Gasteiger partial charge < -0.3 is 14.9 Å². The highest BCUT2D eigenvalue weighted by atomic mass is 16.5. The lowest BCUT2D eigenvalue weighted by Crippen LogP contribution is -2.95. The monoisotopic (exact) mass is 362 g/mol. The van der Waals surface area contributed by atoms with Crippen LogP contribution in [0.5, 0.6) is 0 Å². The van der Waals surface area contributed by atoms with Crippen molar-refractivity contribution in [3.8, 4) is 0 Å². The van der Waals surface area contributed by atoms with E-state index >= 15 is 0 Å². The van der Waals surface area contributed by atoms with Crippen molar-refractivity contribution in [2.75, 3.05) is 6.61 Å². The van der Waals surface area contributed by atoms with Crippen molar-refractivity contribution in [3.05, 3.63) is 32.6 Å². The molecular weight excluding hydrogens is 348 g/mol. The number of hydrogen-bond donors (Lipinski definition) is 3. The van der Waals surface area contributed by atoms with Gasteiger partial charge in [-0.2, -0.15) is 0 Å². The fourth-order valence-electron chi connectivity index (χ4n) is 10.6. The Morgan fingerprint density at radius 3 is 2.50 bits per heavy atom. The molecule has 17 heteroatoms. The molecular formula is C11H12B10N2O5. The third kappa shape index (κ3) is 1.15. The Balaban J connectivity index is 1.12. The molecule has 0 aromatic carbocycles. The largest absolute Gasteiger partial charge is 0.394 e. The Bertz CT molecular complexity index is 1100. The quantitative estimate of drug-likeness (QED) is 0.467. The number of nitrogens with one attached hydrogen (secondary N) is 1. The first-order valence-corrected chi connectivity index (χ1v) is 10.9. The van der Waals surface area contributed by atoms with Crippen molar-refractivity contribution in [3.63, 3.8) is 0 Å². The molecule has 0 radical (unpaired) electrons. The van der Waals surface area contributed by atoms with Gasteiger partial charge in [-0.25, -0.2) is 4.79 Å². The molecule has 7 nitrogen and oxygen atoms in total. The van der Waals surface area contributed by atoms with Crippen LogP contribution in [0.3, 0.4) is 0 Å². The molecule has 8 aliphatic rings. The van der Waals surface area contributed by atoms with Crippen LogP contribution in [-0.4, -0.2) is 103 Å². The summed E-state index contributed by atoms with van der Waals surface area (Å²) < 4.78 is 7.13. The molecule has 0 spiro atoms. The first kappa shape index (κ1) is 15.1. The second-order valence-electron chi connectivity index (χ2n) is 11.0. The molecule has 0 bridgehead atoms. The van der Waals surface area contributed by atoms with Crippen LogP contribution >= 0.6 is 0 Å². The minimum absolute atomic E-state index is 0.0387. The van der Waals surface area contributed by atoms with Crippen LogP contribution in [0.1, 0.15) is 18.2 Å². The number of ether oxygens (including phenoxy) is 1. The number of aliphatic hydroxyl groups excluding tert-OH is 2. The van der Waals surface area contributed by atoms with Crippen LogP contribution in [0.15, 0.2) is 15.8 Å². The highest BCUT2D eigenvalue weighted by molar-refractivity contribution is 8.49. The Morgan fingerprint density at radius 1 is 1.14 bits per heavy atom. The summed E-state index contributed by atoms with van der Waals surface area (Å²) in [5.74, 6) is 0. The minimum Gasteiger partial charge on any atom is -0.394 e. The third-order valence-electron chi connectivity index (χ3n) is 11.0. The maximum absolute atomic E-state index is 12.8. The molecule has 3 atom stereocenters. The second kappa shape index (κ2) is 4.04. The molecule has 1 aromatic rings. The molecule has 3 N–H and O–H groups in total. The summed E-state index contributed by atoms with van der Waals surface area (Å²) in [4.78, 5) is 27.8. The van der Waals surface area contributed by atoms with E-state index in [0.717, 1.165) is 56.2 Å². The molecule has 8 saturated heterocycles. The maximum atomic E-state index is 12.8. The summed E-state index contributed by atoms with van der Waals surface area (Å²) in [6.45, 7) is 4.88. The lowest BCUT2D eigenvalue weighted by atomic mass is 8.34. The lowest BCUT2D eigenvalue weighted by Gasteiger charge is -2.64. The zero-order valence-electron chi connectivity index (χ0n) is 15.1. The van der Waals surface area contributed by atoms with Crippen molar-refractivity contribution < 1.29 is 14.9 Å². The second-order valence-corrected chi connectivity index (χ2v) is 11.0. The lowest BCUT2D eigenvalue weighted by molar-refractivity contribution is -0.0459. The molecule has 0 aliphatic carbocycles. The topological polar surface area (TPSA) is 105 Å². The van der Waals surface area contributed by atoms with Gasteiger partial charge in [0.15, 0.2) is 0 Å². The Labute approximate surface area is 164 Å². The van der Waals surface area contributed by atoms with Crippen LogP contribution < -0.4 is 11.2 Å². The fourth-order valence-corrected chi connectivity index (χ4v) is 10.6. The van der Waals surface area contributed by atoms with E-state index in [2.05, 4.69) is 4.98 Å². The smallest absolute Gasteiger partial charge is 0.330 e. The van der Waals surface area contributed by atoms with E-state index < -0.39 is 24.1 Å². The highest BCUT2D eigenvalue weighted by Gasteiger charge is 3.06. The third-order valence-corrected chi connectivity index (χ3v) is 11.0. The number of fused-ring (bicyclic) bond motifs is 8.